The molecule has 2 aromatic carbocycles. The van der Waals surface area contributed by atoms with Gasteiger partial charge in [-0.25, -0.2) is 0 Å². The van der Waals surface area contributed by atoms with Crippen LogP contribution in [0.1, 0.15) is 77.3 Å². The third-order valence-corrected chi connectivity index (χ3v) is 11.5. The van der Waals surface area contributed by atoms with Gasteiger partial charge >= 0.3 is 13.6 Å². The van der Waals surface area contributed by atoms with E-state index in [4.69, 9.17) is 18.5 Å². The van der Waals surface area contributed by atoms with Crippen LogP contribution in [0.15, 0.2) is 54.6 Å². The second-order valence-corrected chi connectivity index (χ2v) is 13.7. The summed E-state index contributed by atoms with van der Waals surface area (Å²) in [6, 6.07) is 18.0. The zero-order chi connectivity index (χ0) is 27.6. The average molecular weight is 543 g/mol. The topological polar surface area (TPSA) is 71.1 Å². The minimum absolute atomic E-state index is 0.138. The lowest BCUT2D eigenvalue weighted by Crippen LogP contribution is -2.45. The van der Waals surface area contributed by atoms with Crippen LogP contribution in [0.2, 0.25) is 0 Å². The standard InChI is InChI=1S/C31H43O6P/c1-7-35-38(33,36-8-2)31(21-27(31)23-15-17-25(34-6)18-16-23)29(32)37-28-20-22(3)14-19-26(28)30(4,5)24-12-10-9-11-13-24/h9-13,15-18,22,26-28H,7-8,14,19-21H2,1-6H3/t22-,26-,27+,28-,31+/m1/s1. The molecule has 6 nitrogen and oxygen atoms in total. The molecule has 0 bridgehead atoms. The molecule has 0 saturated heterocycles. The van der Waals surface area contributed by atoms with Crippen molar-refractivity contribution in [1.29, 1.82) is 0 Å². The quantitative estimate of drug-likeness (QED) is 0.216. The molecule has 2 aromatic rings. The van der Waals surface area contributed by atoms with E-state index in [9.17, 15) is 9.36 Å². The van der Waals surface area contributed by atoms with Crippen molar-refractivity contribution in [2.24, 2.45) is 11.8 Å². The first-order valence-corrected chi connectivity index (χ1v) is 15.5. The smallest absolute Gasteiger partial charge is 0.348 e. The van der Waals surface area contributed by atoms with E-state index in [1.807, 2.05) is 30.3 Å². The molecule has 0 amide bonds. The number of hydrogen-bond donors (Lipinski definition) is 0. The zero-order valence-corrected chi connectivity index (χ0v) is 24.5. The third-order valence-electron chi connectivity index (χ3n) is 8.65. The van der Waals surface area contributed by atoms with Crippen LogP contribution < -0.4 is 4.74 Å². The van der Waals surface area contributed by atoms with Crippen LogP contribution >= 0.6 is 7.60 Å². The van der Waals surface area contributed by atoms with Crippen LogP contribution in [0.4, 0.5) is 0 Å². The molecule has 0 unspecified atom stereocenters. The second-order valence-electron chi connectivity index (χ2n) is 11.3. The van der Waals surface area contributed by atoms with Gasteiger partial charge in [0.1, 0.15) is 11.9 Å². The van der Waals surface area contributed by atoms with E-state index in [0.717, 1.165) is 30.6 Å². The lowest BCUT2D eigenvalue weighted by molar-refractivity contribution is -0.157. The summed E-state index contributed by atoms with van der Waals surface area (Å²) in [5.41, 5.74) is 1.94. The maximum Gasteiger partial charge on any atom is 0.348 e. The average Bonchev–Trinajstić information content (AvgIpc) is 3.67. The van der Waals surface area contributed by atoms with E-state index in [-0.39, 0.29) is 36.6 Å². The number of benzene rings is 2. The molecule has 0 aromatic heterocycles. The molecule has 38 heavy (non-hydrogen) atoms. The Morgan fingerprint density at radius 2 is 1.63 bits per heavy atom. The number of hydrogen-bond acceptors (Lipinski definition) is 6. The Hall–Kier alpha value is -2.14. The van der Waals surface area contributed by atoms with Crippen molar-refractivity contribution < 1.29 is 27.9 Å². The maximum absolute atomic E-state index is 14.3. The molecule has 4 rings (SSSR count). The van der Waals surface area contributed by atoms with E-state index in [1.165, 1.54) is 5.56 Å². The molecule has 2 saturated carbocycles. The Morgan fingerprint density at radius 1 is 1.00 bits per heavy atom. The van der Waals surface area contributed by atoms with E-state index in [2.05, 4.69) is 45.0 Å². The molecule has 0 heterocycles. The van der Waals surface area contributed by atoms with Gasteiger partial charge in [0.15, 0.2) is 5.16 Å². The van der Waals surface area contributed by atoms with Crippen molar-refractivity contribution in [3.63, 3.8) is 0 Å². The van der Waals surface area contributed by atoms with E-state index in [0.29, 0.717) is 12.3 Å². The molecule has 5 atom stereocenters. The third kappa shape index (κ3) is 5.33. The molecular weight excluding hydrogens is 499 g/mol. The highest BCUT2D eigenvalue weighted by molar-refractivity contribution is 7.57. The number of carbonyl (C=O) groups is 1. The number of rotatable bonds is 11. The van der Waals surface area contributed by atoms with Crippen molar-refractivity contribution in [3.05, 3.63) is 65.7 Å². The normalized spacial score (nSPS) is 27.5. The summed E-state index contributed by atoms with van der Waals surface area (Å²) in [7, 11) is -2.20. The number of methoxy groups -OCH3 is 1. The van der Waals surface area contributed by atoms with Gasteiger partial charge in [-0.05, 0) is 67.7 Å². The summed E-state index contributed by atoms with van der Waals surface area (Å²) in [5, 5.41) is -1.35. The SMILES string of the molecule is CCOP(=O)(OCC)[C@@]1(C(=O)O[C@@H]2C[C@H](C)CC[C@H]2C(C)(C)c2ccccc2)C[C@H]1c1ccc(OC)cc1. The fraction of sp³-hybridized carbons (Fsp3) is 0.581. The first kappa shape index (κ1) is 28.9. The monoisotopic (exact) mass is 542 g/mol. The van der Waals surface area contributed by atoms with Gasteiger partial charge in [-0.2, -0.15) is 0 Å². The molecule has 0 N–H and O–H groups in total. The number of esters is 1. The van der Waals surface area contributed by atoms with Gasteiger partial charge in [-0.1, -0.05) is 69.7 Å². The van der Waals surface area contributed by atoms with Crippen LogP contribution in [-0.4, -0.2) is 37.6 Å². The van der Waals surface area contributed by atoms with Crippen LogP contribution in [0.3, 0.4) is 0 Å². The van der Waals surface area contributed by atoms with Crippen LogP contribution in [0.5, 0.6) is 5.75 Å². The summed E-state index contributed by atoms with van der Waals surface area (Å²) in [6.45, 7) is 10.6. The summed E-state index contributed by atoms with van der Waals surface area (Å²) >= 11 is 0. The zero-order valence-electron chi connectivity index (χ0n) is 23.6. The first-order chi connectivity index (χ1) is 18.1. The van der Waals surface area contributed by atoms with Gasteiger partial charge in [-0.15, -0.1) is 0 Å². The van der Waals surface area contributed by atoms with Gasteiger partial charge in [0, 0.05) is 11.8 Å². The summed E-state index contributed by atoms with van der Waals surface area (Å²) in [4.78, 5) is 14.2. The van der Waals surface area contributed by atoms with Crippen molar-refractivity contribution in [2.75, 3.05) is 20.3 Å². The Morgan fingerprint density at radius 3 is 2.21 bits per heavy atom. The summed E-state index contributed by atoms with van der Waals surface area (Å²) < 4.78 is 37.6. The Bertz CT molecular complexity index is 1120. The predicted molar refractivity (Wildman–Crippen MR) is 150 cm³/mol. The fourth-order valence-electron chi connectivity index (χ4n) is 6.34. The van der Waals surface area contributed by atoms with Gasteiger partial charge in [0.05, 0.1) is 20.3 Å². The second kappa shape index (κ2) is 11.5. The van der Waals surface area contributed by atoms with Crippen molar-refractivity contribution in [1.82, 2.24) is 0 Å². The molecule has 208 valence electrons. The Kier molecular flexibility index (Phi) is 8.76. The molecule has 0 aliphatic heterocycles. The molecule has 0 radical (unpaired) electrons. The summed E-state index contributed by atoms with van der Waals surface area (Å²) in [5.74, 6) is 0.526. The summed E-state index contributed by atoms with van der Waals surface area (Å²) in [6.07, 6.45) is 2.91. The predicted octanol–water partition coefficient (Wildman–Crippen LogP) is 7.51. The van der Waals surface area contributed by atoms with Gasteiger partial charge in [0.25, 0.3) is 0 Å². The van der Waals surface area contributed by atoms with Crippen molar-refractivity contribution in [3.8, 4) is 5.75 Å². The molecule has 2 aliphatic carbocycles. The number of carbonyl (C=O) groups excluding carboxylic acids is 1. The highest BCUT2D eigenvalue weighted by Crippen LogP contribution is 2.77. The molecule has 0 spiro atoms. The molecular formula is C31H43O6P. The van der Waals surface area contributed by atoms with Gasteiger partial charge in [-0.3, -0.25) is 9.36 Å². The minimum atomic E-state index is -3.81. The maximum atomic E-state index is 14.3. The minimum Gasteiger partial charge on any atom is -0.497 e. The van der Waals surface area contributed by atoms with Gasteiger partial charge in [0.2, 0.25) is 0 Å². The lowest BCUT2D eigenvalue weighted by Gasteiger charge is -2.44. The molecule has 2 aliphatic rings. The van der Waals surface area contributed by atoms with E-state index < -0.39 is 18.7 Å². The van der Waals surface area contributed by atoms with Crippen LogP contribution in [0, 0.1) is 11.8 Å². The van der Waals surface area contributed by atoms with Crippen LogP contribution in [0.25, 0.3) is 0 Å². The van der Waals surface area contributed by atoms with E-state index in [1.54, 1.807) is 21.0 Å². The fourth-order valence-corrected chi connectivity index (χ4v) is 8.76. The van der Waals surface area contributed by atoms with Gasteiger partial charge < -0.3 is 18.5 Å². The van der Waals surface area contributed by atoms with Crippen molar-refractivity contribution in [2.45, 2.75) is 82.9 Å². The van der Waals surface area contributed by atoms with Crippen LogP contribution in [-0.2, 0) is 28.6 Å². The number of ether oxygens (including phenoxy) is 2. The van der Waals surface area contributed by atoms with Crippen molar-refractivity contribution >= 4 is 13.6 Å². The van der Waals surface area contributed by atoms with E-state index >= 15 is 0 Å². The first-order valence-electron chi connectivity index (χ1n) is 13.9. The molecule has 2 fully saturated rings. The lowest BCUT2D eigenvalue weighted by atomic mass is 9.64. The Balaban J connectivity index is 1.68. The highest BCUT2D eigenvalue weighted by Gasteiger charge is 2.75. The Labute approximate surface area is 227 Å². The largest absolute Gasteiger partial charge is 0.497 e. The highest BCUT2D eigenvalue weighted by atomic mass is 31.2. The molecule has 7 heteroatoms.